The molecule has 2 heterocycles. The van der Waals surface area contributed by atoms with Crippen molar-refractivity contribution in [1.82, 2.24) is 29.8 Å². The minimum atomic E-state index is -0.866. The van der Waals surface area contributed by atoms with E-state index in [-0.39, 0.29) is 12.5 Å². The Morgan fingerprint density at radius 2 is 2.20 bits per heavy atom. The lowest BCUT2D eigenvalue weighted by Gasteiger charge is -2.13. The molecule has 2 aromatic rings. The third-order valence-corrected chi connectivity index (χ3v) is 3.73. The number of hydrogen-bond donors (Lipinski definition) is 1. The smallest absolute Gasteiger partial charge is 0.305 e. The van der Waals surface area contributed by atoms with Gasteiger partial charge in [-0.15, -0.1) is 10.2 Å². The van der Waals surface area contributed by atoms with Gasteiger partial charge < -0.3 is 5.11 Å². The molecule has 0 saturated carbocycles. The van der Waals surface area contributed by atoms with Gasteiger partial charge in [-0.05, 0) is 34.8 Å². The molecule has 8 nitrogen and oxygen atoms in total. The van der Waals surface area contributed by atoms with Gasteiger partial charge in [-0.3, -0.25) is 4.79 Å². The molecule has 0 spiro atoms. The van der Waals surface area contributed by atoms with E-state index in [1.807, 2.05) is 6.92 Å². The summed E-state index contributed by atoms with van der Waals surface area (Å²) >= 11 is 1.24. The summed E-state index contributed by atoms with van der Waals surface area (Å²) in [5.74, 6) is -0.314. The Bertz CT molecular complexity index is 581. The van der Waals surface area contributed by atoms with Crippen LogP contribution in [0.1, 0.15) is 44.8 Å². The molecule has 2 rings (SSSR count). The van der Waals surface area contributed by atoms with Crippen LogP contribution in [0.15, 0.2) is 0 Å². The fraction of sp³-hybridized carbons (Fsp3) is 0.636. The maximum atomic E-state index is 10.9. The molecule has 1 atom stereocenters. The van der Waals surface area contributed by atoms with Gasteiger partial charge in [-0.1, -0.05) is 24.8 Å². The summed E-state index contributed by atoms with van der Waals surface area (Å²) in [6.07, 6.45) is 2.38. The third-order valence-electron chi connectivity index (χ3n) is 2.97. The minimum Gasteiger partial charge on any atom is -0.481 e. The minimum absolute atomic E-state index is 0.0100. The predicted octanol–water partition coefficient (Wildman–Crippen LogP) is 1.57. The number of aryl methyl sites for hydroxylation is 1. The summed E-state index contributed by atoms with van der Waals surface area (Å²) in [5.41, 5.74) is 0.860. The van der Waals surface area contributed by atoms with E-state index >= 15 is 0 Å². The molecule has 0 aliphatic heterocycles. The van der Waals surface area contributed by atoms with Gasteiger partial charge in [-0.25, -0.2) is 4.68 Å². The Balaban J connectivity index is 2.36. The van der Waals surface area contributed by atoms with Crippen LogP contribution in [0.25, 0.3) is 10.7 Å². The summed E-state index contributed by atoms with van der Waals surface area (Å²) in [5, 5.41) is 24.7. The van der Waals surface area contributed by atoms with Crippen LogP contribution in [0.5, 0.6) is 0 Å². The molecule has 0 radical (unpaired) electrons. The summed E-state index contributed by atoms with van der Waals surface area (Å²) in [7, 11) is 0. The molecule has 1 unspecified atom stereocenters. The number of aliphatic carboxylic acids is 1. The van der Waals surface area contributed by atoms with Crippen molar-refractivity contribution in [2.45, 2.75) is 45.6 Å². The molecule has 0 saturated heterocycles. The fourth-order valence-corrected chi connectivity index (χ4v) is 2.66. The first-order chi connectivity index (χ1) is 9.67. The molecule has 2 aromatic heterocycles. The number of tetrazole rings is 1. The second-order valence-electron chi connectivity index (χ2n) is 4.41. The molecule has 20 heavy (non-hydrogen) atoms. The van der Waals surface area contributed by atoms with Crippen molar-refractivity contribution in [3.05, 3.63) is 5.69 Å². The van der Waals surface area contributed by atoms with E-state index in [0.717, 1.165) is 23.4 Å². The van der Waals surface area contributed by atoms with E-state index < -0.39 is 5.97 Å². The molecule has 0 aliphatic carbocycles. The molecule has 0 amide bonds. The summed E-state index contributed by atoms with van der Waals surface area (Å²) < 4.78 is 5.52. The molecule has 0 bridgehead atoms. The number of carboxylic acid groups (broad SMARTS) is 1. The maximum absolute atomic E-state index is 10.9. The second-order valence-corrected chi connectivity index (χ2v) is 5.16. The van der Waals surface area contributed by atoms with Gasteiger partial charge in [0.15, 0.2) is 5.82 Å². The SMILES string of the molecule is CCCc1nnsc1-c1nnnn1C(CC)CC(=O)O. The lowest BCUT2D eigenvalue weighted by atomic mass is 10.1. The van der Waals surface area contributed by atoms with Crippen molar-refractivity contribution >= 4 is 17.5 Å². The van der Waals surface area contributed by atoms with Gasteiger partial charge in [0, 0.05) is 0 Å². The predicted molar refractivity (Wildman–Crippen MR) is 72.3 cm³/mol. The first-order valence-corrected chi connectivity index (χ1v) is 7.25. The van der Waals surface area contributed by atoms with Crippen LogP contribution in [0.3, 0.4) is 0 Å². The van der Waals surface area contributed by atoms with Crippen LogP contribution in [-0.4, -0.2) is 40.9 Å². The average molecular weight is 296 g/mol. The number of rotatable bonds is 7. The van der Waals surface area contributed by atoms with E-state index in [2.05, 4.69) is 32.0 Å². The number of carboxylic acids is 1. The quantitative estimate of drug-likeness (QED) is 0.826. The molecule has 9 heteroatoms. The molecule has 0 fully saturated rings. The van der Waals surface area contributed by atoms with Gasteiger partial charge in [-0.2, -0.15) is 0 Å². The summed E-state index contributed by atoms with van der Waals surface area (Å²) in [4.78, 5) is 11.7. The van der Waals surface area contributed by atoms with Gasteiger partial charge >= 0.3 is 5.97 Å². The van der Waals surface area contributed by atoms with Crippen molar-refractivity contribution in [2.24, 2.45) is 0 Å². The number of nitrogens with zero attached hydrogens (tertiary/aromatic N) is 6. The van der Waals surface area contributed by atoms with E-state index in [1.54, 1.807) is 4.68 Å². The number of carbonyl (C=O) groups is 1. The number of aromatic nitrogens is 6. The van der Waals surface area contributed by atoms with Crippen molar-refractivity contribution in [3.8, 4) is 10.7 Å². The van der Waals surface area contributed by atoms with Gasteiger partial charge in [0.2, 0.25) is 0 Å². The zero-order valence-corrected chi connectivity index (χ0v) is 12.2. The van der Waals surface area contributed by atoms with Crippen LogP contribution in [0.4, 0.5) is 0 Å². The van der Waals surface area contributed by atoms with E-state index in [9.17, 15) is 4.79 Å². The maximum Gasteiger partial charge on any atom is 0.305 e. The van der Waals surface area contributed by atoms with E-state index in [0.29, 0.717) is 12.2 Å². The van der Waals surface area contributed by atoms with Crippen LogP contribution in [0, 0.1) is 0 Å². The largest absolute Gasteiger partial charge is 0.481 e. The zero-order valence-electron chi connectivity index (χ0n) is 11.4. The first-order valence-electron chi connectivity index (χ1n) is 6.48. The Kier molecular flexibility index (Phi) is 4.72. The second kappa shape index (κ2) is 6.51. The molecular weight excluding hydrogens is 280 g/mol. The van der Waals surface area contributed by atoms with Crippen LogP contribution in [0.2, 0.25) is 0 Å². The Labute approximate surface area is 120 Å². The monoisotopic (exact) mass is 296 g/mol. The first kappa shape index (κ1) is 14.5. The Hall–Kier alpha value is -1.90. The summed E-state index contributed by atoms with van der Waals surface area (Å²) in [6.45, 7) is 3.97. The topological polar surface area (TPSA) is 107 Å². The van der Waals surface area contributed by atoms with E-state index in [4.69, 9.17) is 5.11 Å². The average Bonchev–Trinajstić information content (AvgIpc) is 3.04. The third kappa shape index (κ3) is 2.98. The fourth-order valence-electron chi connectivity index (χ4n) is 1.97. The van der Waals surface area contributed by atoms with E-state index in [1.165, 1.54) is 11.5 Å². The zero-order chi connectivity index (χ0) is 14.5. The highest BCUT2D eigenvalue weighted by molar-refractivity contribution is 7.09. The lowest BCUT2D eigenvalue weighted by Crippen LogP contribution is -2.15. The van der Waals surface area contributed by atoms with Gasteiger partial charge in [0.05, 0.1) is 18.2 Å². The van der Waals surface area contributed by atoms with Gasteiger partial charge in [0.1, 0.15) is 4.88 Å². The number of hydrogen-bond acceptors (Lipinski definition) is 7. The summed E-state index contributed by atoms with van der Waals surface area (Å²) in [6, 6.07) is -0.269. The van der Waals surface area contributed by atoms with Crippen molar-refractivity contribution in [2.75, 3.05) is 0 Å². The molecule has 0 aliphatic rings. The Morgan fingerprint density at radius 3 is 2.85 bits per heavy atom. The van der Waals surface area contributed by atoms with Gasteiger partial charge in [0.25, 0.3) is 0 Å². The molecule has 108 valence electrons. The standard InChI is InChI=1S/C11H16N6O2S/c1-3-5-8-10(20-16-12-8)11-13-14-15-17(11)7(4-2)6-9(18)19/h7H,3-6H2,1-2H3,(H,18,19). The Morgan fingerprint density at radius 1 is 1.40 bits per heavy atom. The van der Waals surface area contributed by atoms with Crippen LogP contribution < -0.4 is 0 Å². The molecular formula is C11H16N6O2S. The highest BCUT2D eigenvalue weighted by Crippen LogP contribution is 2.28. The van der Waals surface area contributed by atoms with Crippen molar-refractivity contribution in [3.63, 3.8) is 0 Å². The van der Waals surface area contributed by atoms with Crippen molar-refractivity contribution in [1.29, 1.82) is 0 Å². The molecule has 0 aromatic carbocycles. The van der Waals surface area contributed by atoms with Crippen LogP contribution >= 0.6 is 11.5 Å². The van der Waals surface area contributed by atoms with Crippen LogP contribution in [-0.2, 0) is 11.2 Å². The normalized spacial score (nSPS) is 12.5. The highest BCUT2D eigenvalue weighted by atomic mass is 32.1. The molecule has 1 N–H and O–H groups in total. The van der Waals surface area contributed by atoms with Crippen molar-refractivity contribution < 1.29 is 9.90 Å². The lowest BCUT2D eigenvalue weighted by molar-refractivity contribution is -0.138. The highest BCUT2D eigenvalue weighted by Gasteiger charge is 2.23.